The Bertz CT molecular complexity index is 2300. The lowest BCUT2D eigenvalue weighted by molar-refractivity contribution is 0.0682. The molecule has 0 aliphatic rings. The van der Waals surface area contributed by atoms with Gasteiger partial charge in [0.25, 0.3) is 20.2 Å². The lowest BCUT2D eigenvalue weighted by atomic mass is 10.1. The zero-order valence-electron chi connectivity index (χ0n) is 24.7. The summed E-state index contributed by atoms with van der Waals surface area (Å²) in [6.45, 7) is 2.87. The molecule has 0 spiro atoms. The molecular formula is C30H24N4O12S2. The van der Waals surface area contributed by atoms with Crippen LogP contribution in [0.25, 0.3) is 12.2 Å². The van der Waals surface area contributed by atoms with E-state index in [4.69, 9.17) is 0 Å². The van der Waals surface area contributed by atoms with Gasteiger partial charge in [-0.2, -0.15) is 32.2 Å². The predicted octanol–water partition coefficient (Wildman–Crippen LogP) is 6.61. The molecule has 0 saturated heterocycles. The quantitative estimate of drug-likeness (QED) is 0.0581. The van der Waals surface area contributed by atoms with Crippen molar-refractivity contribution in [3.05, 3.63) is 94.0 Å². The lowest BCUT2D eigenvalue weighted by Crippen LogP contribution is -2.00. The summed E-state index contributed by atoms with van der Waals surface area (Å²) >= 11 is 0. The summed E-state index contributed by atoms with van der Waals surface area (Å²) in [5.74, 6) is -3.76. The second kappa shape index (κ2) is 13.5. The molecule has 0 aliphatic heterocycles. The first-order valence-electron chi connectivity index (χ1n) is 13.2. The predicted molar refractivity (Wildman–Crippen MR) is 169 cm³/mol. The Morgan fingerprint density at radius 2 is 1.10 bits per heavy atom. The Morgan fingerprint density at radius 1 is 0.604 bits per heavy atom. The van der Waals surface area contributed by atoms with Gasteiger partial charge in [0.2, 0.25) is 0 Å². The van der Waals surface area contributed by atoms with Gasteiger partial charge in [-0.05, 0) is 84.6 Å². The van der Waals surface area contributed by atoms with Crippen LogP contribution >= 0.6 is 0 Å². The van der Waals surface area contributed by atoms with Gasteiger partial charge >= 0.3 is 11.9 Å². The number of nitrogens with zero attached hydrogens (tertiary/aromatic N) is 4. The smallest absolute Gasteiger partial charge is 0.339 e. The van der Waals surface area contributed by atoms with Gasteiger partial charge < -0.3 is 20.4 Å². The van der Waals surface area contributed by atoms with Crippen LogP contribution in [0.5, 0.6) is 11.5 Å². The molecule has 0 atom stereocenters. The van der Waals surface area contributed by atoms with E-state index in [1.165, 1.54) is 62.4 Å². The van der Waals surface area contributed by atoms with Crippen molar-refractivity contribution in [1.29, 1.82) is 0 Å². The molecular weight excluding hydrogens is 672 g/mol. The molecule has 18 heteroatoms. The van der Waals surface area contributed by atoms with Gasteiger partial charge in [0.1, 0.15) is 38.1 Å². The SMILES string of the molecule is Cc1cc(N=Nc2ccc(/C=C/c3ccc(N=Nc4cc(C)c(O)c(C(=O)O)c4)c(S(=O)(=O)O)c3)c(S(=O)(=O)O)c2)cc(C(=O)O)c1O. The minimum Gasteiger partial charge on any atom is -0.507 e. The van der Waals surface area contributed by atoms with Gasteiger partial charge in [0.15, 0.2) is 0 Å². The van der Waals surface area contributed by atoms with Gasteiger partial charge in [0.05, 0.1) is 17.1 Å². The number of hydrogen-bond donors (Lipinski definition) is 6. The van der Waals surface area contributed by atoms with E-state index in [1.807, 2.05) is 0 Å². The van der Waals surface area contributed by atoms with Crippen molar-refractivity contribution >= 4 is 67.1 Å². The maximum Gasteiger partial charge on any atom is 0.339 e. The maximum absolute atomic E-state index is 12.2. The number of carboxylic acid groups (broad SMARTS) is 2. The Hall–Kier alpha value is -5.82. The summed E-state index contributed by atoms with van der Waals surface area (Å²) in [5.41, 5.74) is -0.789. The average Bonchev–Trinajstić information content (AvgIpc) is 3.00. The summed E-state index contributed by atoms with van der Waals surface area (Å²) in [6, 6.07) is 11.8. The van der Waals surface area contributed by atoms with E-state index in [1.54, 1.807) is 0 Å². The van der Waals surface area contributed by atoms with Crippen LogP contribution in [-0.4, -0.2) is 58.3 Å². The van der Waals surface area contributed by atoms with Crippen LogP contribution in [0.1, 0.15) is 43.0 Å². The number of aromatic hydroxyl groups is 2. The third-order valence-corrected chi connectivity index (χ3v) is 8.37. The average molecular weight is 697 g/mol. The van der Waals surface area contributed by atoms with Gasteiger partial charge in [-0.25, -0.2) is 9.59 Å². The fraction of sp³-hybridized carbons (Fsp3) is 0.0667. The van der Waals surface area contributed by atoms with Crippen LogP contribution in [-0.2, 0) is 20.2 Å². The van der Waals surface area contributed by atoms with Crippen LogP contribution < -0.4 is 0 Å². The fourth-order valence-electron chi connectivity index (χ4n) is 4.25. The van der Waals surface area contributed by atoms with Gasteiger partial charge in [-0.1, -0.05) is 24.3 Å². The van der Waals surface area contributed by atoms with Gasteiger partial charge in [0, 0.05) is 0 Å². The molecule has 0 saturated carbocycles. The number of phenols is 2. The zero-order chi connectivity index (χ0) is 35.6. The zero-order valence-corrected chi connectivity index (χ0v) is 26.3. The molecule has 0 bridgehead atoms. The summed E-state index contributed by atoms with van der Waals surface area (Å²) in [4.78, 5) is 21.5. The Balaban J connectivity index is 1.67. The van der Waals surface area contributed by atoms with Crippen LogP contribution in [0.15, 0.2) is 90.9 Å². The second-order valence-electron chi connectivity index (χ2n) is 10.1. The molecule has 0 unspecified atom stereocenters. The first kappa shape index (κ1) is 35.0. The van der Waals surface area contributed by atoms with Crippen LogP contribution in [0.4, 0.5) is 22.7 Å². The van der Waals surface area contributed by atoms with Crippen molar-refractivity contribution < 1.29 is 56.0 Å². The highest BCUT2D eigenvalue weighted by Gasteiger charge is 2.19. The molecule has 4 rings (SSSR count). The van der Waals surface area contributed by atoms with E-state index < -0.39 is 64.6 Å². The third-order valence-electron chi connectivity index (χ3n) is 6.58. The number of aryl methyl sites for hydroxylation is 2. The Labute approximate surface area is 272 Å². The number of rotatable bonds is 10. The minimum atomic E-state index is -4.89. The molecule has 0 aliphatic carbocycles. The van der Waals surface area contributed by atoms with Gasteiger partial charge in [-0.3, -0.25) is 9.11 Å². The highest BCUT2D eigenvalue weighted by molar-refractivity contribution is 7.86. The number of aromatic carboxylic acids is 2. The fourth-order valence-corrected chi connectivity index (χ4v) is 5.61. The van der Waals surface area contributed by atoms with Crippen molar-refractivity contribution in [2.45, 2.75) is 23.6 Å². The molecule has 6 N–H and O–H groups in total. The van der Waals surface area contributed by atoms with Crippen molar-refractivity contribution in [1.82, 2.24) is 0 Å². The monoisotopic (exact) mass is 696 g/mol. The largest absolute Gasteiger partial charge is 0.507 e. The number of benzene rings is 4. The molecule has 48 heavy (non-hydrogen) atoms. The molecule has 4 aromatic carbocycles. The molecule has 0 amide bonds. The van der Waals surface area contributed by atoms with E-state index in [9.17, 15) is 56.0 Å². The summed E-state index contributed by atoms with van der Waals surface area (Å²) < 4.78 is 68.4. The standard InChI is InChI=1S/C30H24N4O12S2/c1-15-9-20(12-22(27(15)35)29(37)38)32-31-19-7-6-18(25(14-19)47(41,42)43)5-3-17-4-8-24(26(11-17)48(44,45)46)34-33-21-10-16(2)28(36)23(13-21)30(39)40/h3-14,35-36H,1-2H3,(H,37,38)(H,39,40)(H,41,42,43)(H,44,45,46)/b5-3+,32-31?,34-33?. The molecule has 0 heterocycles. The second-order valence-corrected chi connectivity index (χ2v) is 12.8. The number of carboxylic acids is 2. The highest BCUT2D eigenvalue weighted by Crippen LogP contribution is 2.33. The topological polar surface area (TPSA) is 273 Å². The molecule has 0 radical (unpaired) electrons. The summed E-state index contributed by atoms with van der Waals surface area (Å²) in [7, 11) is -9.72. The molecule has 4 aromatic rings. The van der Waals surface area contributed by atoms with Crippen LogP contribution in [0.3, 0.4) is 0 Å². The first-order valence-corrected chi connectivity index (χ1v) is 16.1. The van der Waals surface area contributed by atoms with Crippen molar-refractivity contribution in [3.8, 4) is 11.5 Å². The van der Waals surface area contributed by atoms with Crippen molar-refractivity contribution in [2.75, 3.05) is 0 Å². The van der Waals surface area contributed by atoms with E-state index >= 15 is 0 Å². The van der Waals surface area contributed by atoms with Crippen molar-refractivity contribution in [2.24, 2.45) is 20.5 Å². The molecule has 248 valence electrons. The molecule has 0 aromatic heterocycles. The van der Waals surface area contributed by atoms with E-state index in [-0.39, 0.29) is 45.0 Å². The molecule has 0 fully saturated rings. The van der Waals surface area contributed by atoms with E-state index in [2.05, 4.69) is 20.5 Å². The van der Waals surface area contributed by atoms with Crippen LogP contribution in [0.2, 0.25) is 0 Å². The third kappa shape index (κ3) is 8.12. The molecule has 16 nitrogen and oxygen atoms in total. The number of azo groups is 2. The number of hydrogen-bond acceptors (Lipinski definition) is 12. The van der Waals surface area contributed by atoms with E-state index in [0.717, 1.165) is 24.3 Å². The van der Waals surface area contributed by atoms with E-state index in [0.29, 0.717) is 0 Å². The highest BCUT2D eigenvalue weighted by atomic mass is 32.2. The Kier molecular flexibility index (Phi) is 9.85. The summed E-state index contributed by atoms with van der Waals surface area (Å²) in [5, 5.41) is 53.8. The first-order chi connectivity index (χ1) is 22.3. The summed E-state index contributed by atoms with van der Waals surface area (Å²) in [6.07, 6.45) is 2.50. The van der Waals surface area contributed by atoms with Crippen molar-refractivity contribution in [3.63, 3.8) is 0 Å². The van der Waals surface area contributed by atoms with Crippen LogP contribution in [0, 0.1) is 13.8 Å². The normalized spacial score (nSPS) is 12.3. The Morgan fingerprint density at radius 3 is 1.60 bits per heavy atom. The minimum absolute atomic E-state index is 0.0307. The lowest BCUT2D eigenvalue weighted by Gasteiger charge is -2.07. The maximum atomic E-state index is 12.2. The van der Waals surface area contributed by atoms with Gasteiger partial charge in [-0.15, -0.1) is 5.11 Å². The number of carbonyl (C=O) groups is 2.